The third-order valence-corrected chi connectivity index (χ3v) is 8.01. The zero-order valence-corrected chi connectivity index (χ0v) is 17.6. The number of nitrogens with one attached hydrogen (secondary N) is 1. The standard InChI is InChI=1S/C19H25N3O4S2/c1-3-26-17-8-5-4-7-16(17)20-19(23)15(2)21-10-12-22(13-11-21)28(24,25)18-9-6-14-27-18/h4-9,14-15H,3,10-13H2,1-2H3,(H,20,23). The average Bonchev–Trinajstić information content (AvgIpc) is 3.25. The Balaban J connectivity index is 1.59. The van der Waals surface area contributed by atoms with Crippen molar-refractivity contribution >= 4 is 33.0 Å². The second-order valence-electron chi connectivity index (χ2n) is 6.47. The number of piperazine rings is 1. The summed E-state index contributed by atoms with van der Waals surface area (Å²) in [5.41, 5.74) is 0.639. The second kappa shape index (κ2) is 9.04. The summed E-state index contributed by atoms with van der Waals surface area (Å²) in [5.74, 6) is 0.499. The SMILES string of the molecule is CCOc1ccccc1NC(=O)C(C)N1CCN(S(=O)(=O)c2cccs2)CC1. The van der Waals surface area contributed by atoms with E-state index in [1.165, 1.54) is 15.6 Å². The van der Waals surface area contributed by atoms with Gasteiger partial charge in [-0.1, -0.05) is 18.2 Å². The summed E-state index contributed by atoms with van der Waals surface area (Å²) in [7, 11) is -3.44. The van der Waals surface area contributed by atoms with Gasteiger partial charge in [0.1, 0.15) is 9.96 Å². The molecule has 9 heteroatoms. The largest absolute Gasteiger partial charge is 0.492 e. The molecule has 28 heavy (non-hydrogen) atoms. The molecule has 152 valence electrons. The topological polar surface area (TPSA) is 79.0 Å². The van der Waals surface area contributed by atoms with Gasteiger partial charge in [-0.15, -0.1) is 11.3 Å². The predicted molar refractivity (Wildman–Crippen MR) is 110 cm³/mol. The number of nitrogens with zero attached hydrogens (tertiary/aromatic N) is 2. The number of carbonyl (C=O) groups excluding carboxylic acids is 1. The summed E-state index contributed by atoms with van der Waals surface area (Å²) >= 11 is 1.22. The Hall–Kier alpha value is -1.94. The number of anilines is 1. The van der Waals surface area contributed by atoms with Crippen LogP contribution in [0, 0.1) is 0 Å². The Morgan fingerprint density at radius 1 is 1.18 bits per heavy atom. The van der Waals surface area contributed by atoms with Crippen molar-refractivity contribution in [2.45, 2.75) is 24.1 Å². The number of thiophene rings is 1. The summed E-state index contributed by atoms with van der Waals surface area (Å²) in [6, 6.07) is 10.3. The molecule has 7 nitrogen and oxygen atoms in total. The summed E-state index contributed by atoms with van der Waals surface area (Å²) < 4.78 is 32.6. The van der Waals surface area contributed by atoms with Crippen molar-refractivity contribution < 1.29 is 17.9 Å². The van der Waals surface area contributed by atoms with Crippen molar-refractivity contribution in [2.75, 3.05) is 38.1 Å². The first kappa shape index (κ1) is 20.8. The molecule has 2 heterocycles. The van der Waals surface area contributed by atoms with Crippen LogP contribution < -0.4 is 10.1 Å². The van der Waals surface area contributed by atoms with Crippen LogP contribution in [-0.4, -0.2) is 62.4 Å². The Bertz CT molecular complexity index is 892. The van der Waals surface area contributed by atoms with Crippen LogP contribution in [0.2, 0.25) is 0 Å². The molecule has 1 saturated heterocycles. The highest BCUT2D eigenvalue weighted by atomic mass is 32.2. The van der Waals surface area contributed by atoms with E-state index >= 15 is 0 Å². The van der Waals surface area contributed by atoms with Crippen molar-refractivity contribution in [3.63, 3.8) is 0 Å². The van der Waals surface area contributed by atoms with Crippen molar-refractivity contribution in [3.8, 4) is 5.75 Å². The molecule has 1 atom stereocenters. The van der Waals surface area contributed by atoms with Crippen LogP contribution >= 0.6 is 11.3 Å². The molecule has 1 aliphatic heterocycles. The first-order valence-electron chi connectivity index (χ1n) is 9.24. The zero-order valence-electron chi connectivity index (χ0n) is 16.0. The van der Waals surface area contributed by atoms with Gasteiger partial charge in [0.25, 0.3) is 10.0 Å². The van der Waals surface area contributed by atoms with Gasteiger partial charge < -0.3 is 10.1 Å². The molecule has 0 spiro atoms. The van der Waals surface area contributed by atoms with Crippen LogP contribution in [0.25, 0.3) is 0 Å². The number of ether oxygens (including phenoxy) is 1. The zero-order chi connectivity index (χ0) is 20.1. The highest BCUT2D eigenvalue weighted by Crippen LogP contribution is 2.25. The van der Waals surface area contributed by atoms with Crippen molar-refractivity contribution in [3.05, 3.63) is 41.8 Å². The maximum Gasteiger partial charge on any atom is 0.252 e. The lowest BCUT2D eigenvalue weighted by atomic mass is 10.2. The van der Waals surface area contributed by atoms with E-state index in [0.29, 0.717) is 48.4 Å². The van der Waals surface area contributed by atoms with Gasteiger partial charge in [0.15, 0.2) is 0 Å². The van der Waals surface area contributed by atoms with Crippen LogP contribution in [0.1, 0.15) is 13.8 Å². The molecule has 2 aromatic rings. The van der Waals surface area contributed by atoms with E-state index in [-0.39, 0.29) is 11.9 Å². The first-order valence-corrected chi connectivity index (χ1v) is 11.6. The molecule has 0 aliphatic carbocycles. The fourth-order valence-corrected chi connectivity index (χ4v) is 5.69. The summed E-state index contributed by atoms with van der Waals surface area (Å²) in [4.78, 5) is 14.7. The fourth-order valence-electron chi connectivity index (χ4n) is 3.12. The maximum atomic E-state index is 12.7. The lowest BCUT2D eigenvalue weighted by Crippen LogP contribution is -2.53. The maximum absolute atomic E-state index is 12.7. The third-order valence-electron chi connectivity index (χ3n) is 4.73. The molecule has 1 fully saturated rings. The van der Waals surface area contributed by atoms with Gasteiger partial charge in [-0.2, -0.15) is 4.31 Å². The summed E-state index contributed by atoms with van der Waals surface area (Å²) in [5, 5.41) is 4.68. The number of hydrogen-bond acceptors (Lipinski definition) is 6. The lowest BCUT2D eigenvalue weighted by molar-refractivity contribution is -0.121. The molecular formula is C19H25N3O4S2. The highest BCUT2D eigenvalue weighted by molar-refractivity contribution is 7.91. The van der Waals surface area contributed by atoms with Gasteiger partial charge in [0.05, 0.1) is 18.3 Å². The quantitative estimate of drug-likeness (QED) is 0.740. The molecule has 3 rings (SSSR count). The number of hydrogen-bond donors (Lipinski definition) is 1. The third kappa shape index (κ3) is 4.54. The monoisotopic (exact) mass is 423 g/mol. The normalized spacial score (nSPS) is 17.2. The number of amides is 1. The summed E-state index contributed by atoms with van der Waals surface area (Å²) in [6.07, 6.45) is 0. The number of carbonyl (C=O) groups is 1. The molecule has 1 aromatic heterocycles. The van der Waals surface area contributed by atoms with Gasteiger partial charge >= 0.3 is 0 Å². The second-order valence-corrected chi connectivity index (χ2v) is 9.58. The van der Waals surface area contributed by atoms with Crippen molar-refractivity contribution in [1.29, 1.82) is 0 Å². The lowest BCUT2D eigenvalue weighted by Gasteiger charge is -2.36. The molecule has 0 bridgehead atoms. The van der Waals surface area contributed by atoms with Crippen LogP contribution in [0.3, 0.4) is 0 Å². The Morgan fingerprint density at radius 3 is 2.54 bits per heavy atom. The number of rotatable bonds is 7. The fraction of sp³-hybridized carbons (Fsp3) is 0.421. The van der Waals surface area contributed by atoms with Crippen LogP contribution in [0.5, 0.6) is 5.75 Å². The van der Waals surface area contributed by atoms with Crippen LogP contribution in [0.15, 0.2) is 46.0 Å². The first-order chi connectivity index (χ1) is 13.4. The molecule has 1 N–H and O–H groups in total. The van der Waals surface area contributed by atoms with E-state index in [1.807, 2.05) is 36.9 Å². The van der Waals surface area contributed by atoms with Gasteiger partial charge in [0.2, 0.25) is 5.91 Å². The van der Waals surface area contributed by atoms with Gasteiger partial charge in [-0.3, -0.25) is 9.69 Å². The molecule has 1 amide bonds. The molecular weight excluding hydrogens is 398 g/mol. The summed E-state index contributed by atoms with van der Waals surface area (Å²) in [6.45, 7) is 6.00. The van der Waals surface area contributed by atoms with E-state index in [9.17, 15) is 13.2 Å². The predicted octanol–water partition coefficient (Wildman–Crippen LogP) is 2.48. The van der Waals surface area contributed by atoms with Crippen LogP contribution in [-0.2, 0) is 14.8 Å². The Morgan fingerprint density at radius 2 is 1.89 bits per heavy atom. The van der Waals surface area contributed by atoms with Gasteiger partial charge in [-0.05, 0) is 37.4 Å². The van der Waals surface area contributed by atoms with E-state index in [4.69, 9.17) is 4.74 Å². The molecule has 0 saturated carbocycles. The average molecular weight is 424 g/mol. The molecule has 1 aromatic carbocycles. The van der Waals surface area contributed by atoms with Crippen LogP contribution in [0.4, 0.5) is 5.69 Å². The number of benzene rings is 1. The van der Waals surface area contributed by atoms with Crippen molar-refractivity contribution in [2.24, 2.45) is 0 Å². The van der Waals surface area contributed by atoms with E-state index in [0.717, 1.165) is 0 Å². The molecule has 1 unspecified atom stereocenters. The Labute approximate surface area is 170 Å². The van der Waals surface area contributed by atoms with Gasteiger partial charge in [-0.25, -0.2) is 8.42 Å². The van der Waals surface area contributed by atoms with Crippen molar-refractivity contribution in [1.82, 2.24) is 9.21 Å². The minimum Gasteiger partial charge on any atom is -0.492 e. The minimum atomic E-state index is -3.44. The minimum absolute atomic E-state index is 0.137. The number of sulfonamides is 1. The van der Waals surface area contributed by atoms with E-state index in [2.05, 4.69) is 5.32 Å². The van der Waals surface area contributed by atoms with E-state index in [1.54, 1.807) is 23.6 Å². The Kier molecular flexibility index (Phi) is 6.71. The van der Waals surface area contributed by atoms with E-state index < -0.39 is 10.0 Å². The molecule has 1 aliphatic rings. The molecule has 0 radical (unpaired) electrons. The highest BCUT2D eigenvalue weighted by Gasteiger charge is 2.32. The number of para-hydroxylation sites is 2. The smallest absolute Gasteiger partial charge is 0.252 e. The van der Waals surface area contributed by atoms with Gasteiger partial charge in [0, 0.05) is 26.2 Å².